The normalized spacial score (nSPS) is 19.6. The summed E-state index contributed by atoms with van der Waals surface area (Å²) < 4.78 is 0. The highest BCUT2D eigenvalue weighted by molar-refractivity contribution is 5.85. The smallest absolute Gasteiger partial charge is 0.0760 e. The Bertz CT molecular complexity index is 402. The minimum atomic E-state index is -0.396. The molecule has 0 radical (unpaired) electrons. The number of hydrogen-bond acceptors (Lipinski definition) is 2. The number of aryl methyl sites for hydroxylation is 2. The highest BCUT2D eigenvalue weighted by Gasteiger charge is 2.27. The van der Waals surface area contributed by atoms with Crippen molar-refractivity contribution in [2.45, 2.75) is 58.1 Å². The van der Waals surface area contributed by atoms with E-state index in [9.17, 15) is 5.11 Å². The number of benzene rings is 1. The maximum atomic E-state index is 10.4. The lowest BCUT2D eigenvalue weighted by Gasteiger charge is -2.30. The monoisotopic (exact) mass is 283 g/mol. The fourth-order valence-corrected chi connectivity index (χ4v) is 2.94. The van der Waals surface area contributed by atoms with Gasteiger partial charge in [0.1, 0.15) is 0 Å². The Morgan fingerprint density at radius 2 is 1.74 bits per heavy atom. The van der Waals surface area contributed by atoms with Crippen LogP contribution in [0, 0.1) is 19.8 Å². The van der Waals surface area contributed by atoms with Gasteiger partial charge in [-0.15, -0.1) is 12.4 Å². The van der Waals surface area contributed by atoms with E-state index < -0.39 is 6.10 Å². The summed E-state index contributed by atoms with van der Waals surface area (Å²) >= 11 is 0. The fourth-order valence-electron chi connectivity index (χ4n) is 2.94. The first-order valence-electron chi connectivity index (χ1n) is 7.10. The van der Waals surface area contributed by atoms with Crippen LogP contribution in [0.2, 0.25) is 0 Å². The zero-order valence-corrected chi connectivity index (χ0v) is 12.7. The topological polar surface area (TPSA) is 46.2 Å². The fraction of sp³-hybridized carbons (Fsp3) is 0.625. The second-order valence-electron chi connectivity index (χ2n) is 5.76. The highest BCUT2D eigenvalue weighted by atomic mass is 35.5. The van der Waals surface area contributed by atoms with Crippen LogP contribution in [0.3, 0.4) is 0 Å². The molecule has 0 unspecified atom stereocenters. The van der Waals surface area contributed by atoms with Gasteiger partial charge in [-0.05, 0) is 49.3 Å². The summed E-state index contributed by atoms with van der Waals surface area (Å²) in [4.78, 5) is 0. The molecule has 19 heavy (non-hydrogen) atoms. The van der Waals surface area contributed by atoms with Crippen LogP contribution < -0.4 is 5.73 Å². The Labute approximate surface area is 122 Å². The standard InChI is InChI=1S/C16H25NO.ClH/c1-11-8-9-14(10-12(11)2)15(17)16(18)13-6-4-3-5-7-13;/h8-10,13,15-16,18H,3-7,17H2,1-2H3;1H/t15-,16+;/m0./s1. The van der Waals surface area contributed by atoms with Gasteiger partial charge < -0.3 is 10.8 Å². The molecule has 0 aliphatic heterocycles. The first kappa shape index (κ1) is 16.5. The molecular weight excluding hydrogens is 258 g/mol. The van der Waals surface area contributed by atoms with Gasteiger partial charge in [-0.3, -0.25) is 0 Å². The van der Waals surface area contributed by atoms with Crippen molar-refractivity contribution in [2.24, 2.45) is 11.7 Å². The van der Waals surface area contributed by atoms with E-state index in [1.54, 1.807) is 0 Å². The van der Waals surface area contributed by atoms with Crippen molar-refractivity contribution in [3.63, 3.8) is 0 Å². The number of hydrogen-bond donors (Lipinski definition) is 2. The first-order valence-corrected chi connectivity index (χ1v) is 7.10. The van der Waals surface area contributed by atoms with Crippen molar-refractivity contribution >= 4 is 12.4 Å². The maximum Gasteiger partial charge on any atom is 0.0760 e. The number of rotatable bonds is 3. The van der Waals surface area contributed by atoms with Crippen LogP contribution >= 0.6 is 12.4 Å². The average molecular weight is 284 g/mol. The predicted molar refractivity (Wildman–Crippen MR) is 82.7 cm³/mol. The summed E-state index contributed by atoms with van der Waals surface area (Å²) in [6.45, 7) is 4.20. The molecule has 1 aliphatic carbocycles. The lowest BCUT2D eigenvalue weighted by molar-refractivity contribution is 0.0618. The van der Waals surface area contributed by atoms with Gasteiger partial charge in [0, 0.05) is 0 Å². The van der Waals surface area contributed by atoms with Gasteiger partial charge in [-0.1, -0.05) is 37.5 Å². The SMILES string of the molecule is Cc1ccc([C@H](N)[C@H](O)C2CCCCC2)cc1C.Cl. The van der Waals surface area contributed by atoms with Gasteiger partial charge in [0.15, 0.2) is 0 Å². The maximum absolute atomic E-state index is 10.4. The van der Waals surface area contributed by atoms with Gasteiger partial charge >= 0.3 is 0 Å². The quantitative estimate of drug-likeness (QED) is 0.889. The van der Waals surface area contributed by atoms with Crippen molar-refractivity contribution in [3.8, 4) is 0 Å². The summed E-state index contributed by atoms with van der Waals surface area (Å²) in [5, 5.41) is 10.4. The molecule has 0 bridgehead atoms. The van der Waals surface area contributed by atoms with Crippen LogP contribution in [-0.2, 0) is 0 Å². The summed E-state index contributed by atoms with van der Waals surface area (Å²) in [6, 6.07) is 6.02. The third-order valence-corrected chi connectivity index (χ3v) is 4.42. The summed E-state index contributed by atoms with van der Waals surface area (Å²) in [5.41, 5.74) is 9.83. The molecular formula is C16H26ClNO. The van der Waals surface area contributed by atoms with E-state index in [0.717, 1.165) is 18.4 Å². The molecule has 0 saturated heterocycles. The molecule has 0 aromatic heterocycles. The number of halogens is 1. The van der Waals surface area contributed by atoms with Crippen LogP contribution in [0.5, 0.6) is 0 Å². The van der Waals surface area contributed by atoms with Crippen molar-refractivity contribution in [1.82, 2.24) is 0 Å². The molecule has 2 atom stereocenters. The molecule has 3 heteroatoms. The number of aliphatic hydroxyl groups is 1. The zero-order valence-electron chi connectivity index (χ0n) is 11.9. The van der Waals surface area contributed by atoms with E-state index in [4.69, 9.17) is 5.73 Å². The molecule has 1 aliphatic rings. The molecule has 1 aromatic carbocycles. The Kier molecular flexibility index (Phi) is 6.31. The largest absolute Gasteiger partial charge is 0.391 e. The highest BCUT2D eigenvalue weighted by Crippen LogP contribution is 2.31. The van der Waals surface area contributed by atoms with E-state index >= 15 is 0 Å². The molecule has 1 aromatic rings. The Morgan fingerprint density at radius 3 is 2.32 bits per heavy atom. The van der Waals surface area contributed by atoms with Crippen LogP contribution in [0.1, 0.15) is 54.8 Å². The summed E-state index contributed by atoms with van der Waals surface area (Å²) in [5.74, 6) is 0.385. The van der Waals surface area contributed by atoms with Gasteiger partial charge in [0.05, 0.1) is 12.1 Å². The minimum Gasteiger partial charge on any atom is -0.391 e. The van der Waals surface area contributed by atoms with Gasteiger partial charge in [0.25, 0.3) is 0 Å². The van der Waals surface area contributed by atoms with Crippen LogP contribution in [0.25, 0.3) is 0 Å². The van der Waals surface area contributed by atoms with Gasteiger partial charge in [0.2, 0.25) is 0 Å². The van der Waals surface area contributed by atoms with E-state index in [1.807, 2.05) is 0 Å². The average Bonchev–Trinajstić information content (AvgIpc) is 2.41. The first-order chi connectivity index (χ1) is 8.59. The molecule has 0 spiro atoms. The Balaban J connectivity index is 0.00000180. The zero-order chi connectivity index (χ0) is 13.1. The molecule has 108 valence electrons. The number of nitrogens with two attached hydrogens (primary N) is 1. The van der Waals surface area contributed by atoms with Crippen molar-refractivity contribution in [1.29, 1.82) is 0 Å². The van der Waals surface area contributed by atoms with Crippen LogP contribution in [-0.4, -0.2) is 11.2 Å². The van der Waals surface area contributed by atoms with E-state index in [-0.39, 0.29) is 18.4 Å². The Hall–Kier alpha value is -0.570. The molecule has 0 heterocycles. The van der Waals surface area contributed by atoms with Crippen molar-refractivity contribution in [3.05, 3.63) is 34.9 Å². The van der Waals surface area contributed by atoms with Crippen molar-refractivity contribution < 1.29 is 5.11 Å². The molecule has 3 N–H and O–H groups in total. The van der Waals surface area contributed by atoms with Gasteiger partial charge in [-0.25, -0.2) is 0 Å². The molecule has 1 fully saturated rings. The second kappa shape index (κ2) is 7.28. The van der Waals surface area contributed by atoms with E-state index in [0.29, 0.717) is 5.92 Å². The van der Waals surface area contributed by atoms with Gasteiger partial charge in [-0.2, -0.15) is 0 Å². The molecule has 2 rings (SSSR count). The summed E-state index contributed by atoms with van der Waals surface area (Å²) in [6.07, 6.45) is 5.64. The third kappa shape index (κ3) is 3.95. The van der Waals surface area contributed by atoms with Crippen LogP contribution in [0.15, 0.2) is 18.2 Å². The van der Waals surface area contributed by atoms with E-state index in [1.165, 1.54) is 30.4 Å². The van der Waals surface area contributed by atoms with E-state index in [2.05, 4.69) is 32.0 Å². The minimum absolute atomic E-state index is 0. The van der Waals surface area contributed by atoms with Crippen molar-refractivity contribution in [2.75, 3.05) is 0 Å². The lowest BCUT2D eigenvalue weighted by Crippen LogP contribution is -2.34. The Morgan fingerprint density at radius 1 is 1.11 bits per heavy atom. The predicted octanol–water partition coefficient (Wildman–Crippen LogP) is 3.67. The third-order valence-electron chi connectivity index (χ3n) is 4.42. The lowest BCUT2D eigenvalue weighted by atomic mass is 9.81. The molecule has 2 nitrogen and oxygen atoms in total. The summed E-state index contributed by atoms with van der Waals surface area (Å²) in [7, 11) is 0. The second-order valence-corrected chi connectivity index (χ2v) is 5.76. The molecule has 0 amide bonds. The number of aliphatic hydroxyl groups excluding tert-OH is 1. The van der Waals surface area contributed by atoms with Crippen LogP contribution in [0.4, 0.5) is 0 Å². The molecule has 1 saturated carbocycles.